The third-order valence-electron chi connectivity index (χ3n) is 3.50. The van der Waals surface area contributed by atoms with Gasteiger partial charge in [-0.1, -0.05) is 13.8 Å². The summed E-state index contributed by atoms with van der Waals surface area (Å²) < 4.78 is 0. The molecule has 2 rings (SSSR count). The molecule has 2 aliphatic rings. The molecule has 1 N–H and O–H groups in total. The quantitative estimate of drug-likeness (QED) is 0.705. The minimum absolute atomic E-state index is 0.372. The molecule has 14 heavy (non-hydrogen) atoms. The van der Waals surface area contributed by atoms with Gasteiger partial charge in [0.1, 0.15) is 6.29 Å². The van der Waals surface area contributed by atoms with Crippen LogP contribution < -0.4 is 0 Å². The third-order valence-corrected chi connectivity index (χ3v) is 3.50. The number of aliphatic hydroxyl groups excluding tert-OH is 1. The first-order valence-corrected chi connectivity index (χ1v) is 5.58. The molecule has 2 nitrogen and oxygen atoms in total. The molecule has 0 unspecified atom stereocenters. The molecule has 0 aromatic carbocycles. The van der Waals surface area contributed by atoms with Crippen LogP contribution >= 0.6 is 0 Å². The molecule has 2 aliphatic carbocycles. The van der Waals surface area contributed by atoms with Crippen molar-refractivity contribution in [3.63, 3.8) is 0 Å². The van der Waals surface area contributed by atoms with Gasteiger partial charge in [0.05, 0.1) is 0 Å². The molecule has 82 valence electrons. The first-order chi connectivity index (χ1) is 6.54. The molecule has 2 fully saturated rings. The van der Waals surface area contributed by atoms with E-state index in [1.54, 1.807) is 0 Å². The summed E-state index contributed by atoms with van der Waals surface area (Å²) in [7, 11) is 0. The van der Waals surface area contributed by atoms with Crippen LogP contribution in [0.2, 0.25) is 0 Å². The summed E-state index contributed by atoms with van der Waals surface area (Å²) in [4.78, 5) is 9.86. The van der Waals surface area contributed by atoms with Crippen molar-refractivity contribution in [1.82, 2.24) is 0 Å². The molecule has 0 heterocycles. The van der Waals surface area contributed by atoms with Crippen molar-refractivity contribution < 1.29 is 9.90 Å². The van der Waals surface area contributed by atoms with Crippen molar-refractivity contribution >= 4 is 6.29 Å². The fourth-order valence-corrected chi connectivity index (χ4v) is 1.35. The zero-order chi connectivity index (χ0) is 10.7. The number of aldehydes is 1. The van der Waals surface area contributed by atoms with Crippen molar-refractivity contribution in [2.75, 3.05) is 6.61 Å². The van der Waals surface area contributed by atoms with E-state index in [-0.39, 0.29) is 0 Å². The Morgan fingerprint density at radius 3 is 1.79 bits per heavy atom. The summed E-state index contributed by atoms with van der Waals surface area (Å²) >= 11 is 0. The Hall–Kier alpha value is -0.370. The fourth-order valence-electron chi connectivity index (χ4n) is 1.35. The van der Waals surface area contributed by atoms with E-state index in [1.807, 2.05) is 0 Å². The van der Waals surface area contributed by atoms with Crippen LogP contribution in [0.25, 0.3) is 0 Å². The van der Waals surface area contributed by atoms with E-state index in [4.69, 9.17) is 5.11 Å². The van der Waals surface area contributed by atoms with Crippen LogP contribution in [0, 0.1) is 10.8 Å². The van der Waals surface area contributed by atoms with E-state index < -0.39 is 0 Å². The summed E-state index contributed by atoms with van der Waals surface area (Å²) in [5.41, 5.74) is 0.983. The van der Waals surface area contributed by atoms with Crippen LogP contribution in [0.4, 0.5) is 0 Å². The highest BCUT2D eigenvalue weighted by atomic mass is 16.3. The third kappa shape index (κ3) is 4.23. The summed E-state index contributed by atoms with van der Waals surface area (Å²) in [5, 5.41) is 8.44. The number of hydrogen-bond donors (Lipinski definition) is 1. The van der Waals surface area contributed by atoms with Gasteiger partial charge in [0.25, 0.3) is 0 Å². The average Bonchev–Trinajstić information content (AvgIpc) is 2.98. The maximum atomic E-state index is 9.86. The monoisotopic (exact) mass is 198 g/mol. The van der Waals surface area contributed by atoms with Crippen LogP contribution in [0.3, 0.4) is 0 Å². The maximum absolute atomic E-state index is 9.86. The molecule has 0 amide bonds. The number of carbonyl (C=O) groups is 1. The second kappa shape index (κ2) is 4.43. The molecule has 0 radical (unpaired) electrons. The molecule has 2 heteroatoms. The summed E-state index contributed by atoms with van der Waals surface area (Å²) in [6.45, 7) is 4.75. The van der Waals surface area contributed by atoms with Gasteiger partial charge >= 0.3 is 0 Å². The van der Waals surface area contributed by atoms with E-state index in [2.05, 4.69) is 13.8 Å². The van der Waals surface area contributed by atoms with Crippen LogP contribution in [-0.2, 0) is 4.79 Å². The van der Waals surface area contributed by atoms with Crippen molar-refractivity contribution in [1.29, 1.82) is 0 Å². The van der Waals surface area contributed by atoms with E-state index in [0.717, 1.165) is 19.1 Å². The predicted octanol–water partition coefficient (Wildman–Crippen LogP) is 2.54. The lowest BCUT2D eigenvalue weighted by Gasteiger charge is -2.00. The maximum Gasteiger partial charge on any atom is 0.120 e. The number of aliphatic hydroxyl groups is 1. The van der Waals surface area contributed by atoms with Crippen LogP contribution in [0.15, 0.2) is 0 Å². The Morgan fingerprint density at radius 1 is 1.14 bits per heavy atom. The fraction of sp³-hybridized carbons (Fsp3) is 0.917. The molecular formula is C12H22O2. The van der Waals surface area contributed by atoms with Crippen molar-refractivity contribution in [3.05, 3.63) is 0 Å². The summed E-state index contributed by atoms with van der Waals surface area (Å²) in [6, 6.07) is 0. The van der Waals surface area contributed by atoms with Gasteiger partial charge < -0.3 is 9.90 Å². The van der Waals surface area contributed by atoms with Crippen molar-refractivity contribution in [2.45, 2.75) is 52.4 Å². The van der Waals surface area contributed by atoms with Gasteiger partial charge in [-0.2, -0.15) is 0 Å². The van der Waals surface area contributed by atoms with E-state index in [0.29, 0.717) is 17.4 Å². The highest BCUT2D eigenvalue weighted by molar-refractivity contribution is 5.51. The highest BCUT2D eigenvalue weighted by Gasteiger charge is 2.36. The van der Waals surface area contributed by atoms with Crippen LogP contribution in [-0.4, -0.2) is 18.0 Å². The van der Waals surface area contributed by atoms with E-state index in [1.165, 1.54) is 25.7 Å². The van der Waals surface area contributed by atoms with Crippen molar-refractivity contribution in [2.24, 2.45) is 10.8 Å². The van der Waals surface area contributed by atoms with Gasteiger partial charge in [0.15, 0.2) is 0 Å². The number of hydrogen-bond acceptors (Lipinski definition) is 2. The van der Waals surface area contributed by atoms with Crippen LogP contribution in [0.5, 0.6) is 0 Å². The SMILES string of the molecule is CC1(CC=O)CC1.CC1(CCO)CC1. The molecule has 0 aromatic heterocycles. The average molecular weight is 198 g/mol. The van der Waals surface area contributed by atoms with Gasteiger partial charge in [-0.05, 0) is 42.9 Å². The van der Waals surface area contributed by atoms with Gasteiger partial charge in [-0.15, -0.1) is 0 Å². The van der Waals surface area contributed by atoms with E-state index >= 15 is 0 Å². The Bertz CT molecular complexity index is 190. The van der Waals surface area contributed by atoms with Crippen molar-refractivity contribution in [3.8, 4) is 0 Å². The first-order valence-electron chi connectivity index (χ1n) is 5.58. The molecular weight excluding hydrogens is 176 g/mol. The molecule has 0 saturated heterocycles. The molecule has 0 bridgehead atoms. The molecule has 0 spiro atoms. The standard InChI is InChI=1S/C6H12O.C6H10O/c2*1-6(2-3-6)4-5-7/h7H,2-5H2,1H3;5H,2-4H2,1H3. The zero-order valence-electron chi connectivity index (χ0n) is 9.38. The smallest absolute Gasteiger partial charge is 0.120 e. The lowest BCUT2D eigenvalue weighted by atomic mass is 10.1. The summed E-state index contributed by atoms with van der Waals surface area (Å²) in [6.07, 6.45) is 7.96. The lowest BCUT2D eigenvalue weighted by Crippen LogP contribution is -1.95. The number of rotatable bonds is 4. The van der Waals surface area contributed by atoms with Gasteiger partial charge in [-0.25, -0.2) is 0 Å². The van der Waals surface area contributed by atoms with E-state index in [9.17, 15) is 4.79 Å². The predicted molar refractivity (Wildman–Crippen MR) is 57.1 cm³/mol. The zero-order valence-corrected chi connectivity index (χ0v) is 9.38. The largest absolute Gasteiger partial charge is 0.396 e. The molecule has 0 atom stereocenters. The lowest BCUT2D eigenvalue weighted by molar-refractivity contribution is -0.108. The molecule has 0 aromatic rings. The second-order valence-electron chi connectivity index (χ2n) is 5.47. The van der Waals surface area contributed by atoms with Gasteiger partial charge in [-0.3, -0.25) is 0 Å². The Morgan fingerprint density at radius 2 is 1.64 bits per heavy atom. The minimum atomic E-state index is 0.372. The summed E-state index contributed by atoms with van der Waals surface area (Å²) in [5.74, 6) is 0. The highest BCUT2D eigenvalue weighted by Crippen LogP contribution is 2.47. The molecule has 2 saturated carbocycles. The van der Waals surface area contributed by atoms with Gasteiger partial charge in [0.2, 0.25) is 0 Å². The minimum Gasteiger partial charge on any atom is -0.396 e. The normalized spacial score (nSPS) is 24.5. The van der Waals surface area contributed by atoms with Gasteiger partial charge in [0, 0.05) is 13.0 Å². The Kier molecular flexibility index (Phi) is 3.71. The van der Waals surface area contributed by atoms with Crippen LogP contribution in [0.1, 0.15) is 52.4 Å². The molecule has 0 aliphatic heterocycles. The first kappa shape index (κ1) is 11.7. The second-order valence-corrected chi connectivity index (χ2v) is 5.47. The Labute approximate surface area is 86.7 Å². The topological polar surface area (TPSA) is 37.3 Å². The Balaban J connectivity index is 0.000000140. The number of carbonyl (C=O) groups excluding carboxylic acids is 1.